The van der Waals surface area contributed by atoms with Crippen LogP contribution in [0.1, 0.15) is 5.56 Å². The molecule has 0 atom stereocenters. The summed E-state index contributed by atoms with van der Waals surface area (Å²) >= 11 is 6.17. The van der Waals surface area contributed by atoms with Crippen LogP contribution in [-0.4, -0.2) is 29.0 Å². The van der Waals surface area contributed by atoms with E-state index in [1.807, 2.05) is 33.2 Å². The molecule has 1 heterocycles. The number of aromatic nitrogens is 3. The van der Waals surface area contributed by atoms with E-state index in [2.05, 4.69) is 25.7 Å². The number of nitrogens with zero attached hydrogens (tertiary/aromatic N) is 4. The average Bonchev–Trinajstić information content (AvgIpc) is 2.42. The second-order valence-electron chi connectivity index (χ2n) is 4.38. The molecular weight excluding hydrogens is 278 g/mol. The number of halogens is 1. The van der Waals surface area contributed by atoms with Gasteiger partial charge in [-0.05, 0) is 18.6 Å². The number of anilines is 4. The number of nitrogens with two attached hydrogens (primary N) is 1. The number of para-hydroxylation sites is 1. The Balaban J connectivity index is 2.40. The third kappa shape index (κ3) is 3.06. The van der Waals surface area contributed by atoms with Crippen LogP contribution in [0.15, 0.2) is 18.2 Å². The van der Waals surface area contributed by atoms with E-state index in [4.69, 9.17) is 17.4 Å². The fraction of sp³-hybridized carbons (Fsp3) is 0.250. The molecule has 2 aromatic rings. The zero-order valence-corrected chi connectivity index (χ0v) is 12.2. The van der Waals surface area contributed by atoms with Crippen molar-refractivity contribution in [3.63, 3.8) is 0 Å². The minimum absolute atomic E-state index is 0.274. The molecule has 1 aromatic carbocycles. The number of aryl methyl sites for hydroxylation is 1. The maximum atomic E-state index is 6.17. The zero-order valence-electron chi connectivity index (χ0n) is 11.5. The van der Waals surface area contributed by atoms with E-state index in [1.165, 1.54) is 0 Å². The van der Waals surface area contributed by atoms with Crippen molar-refractivity contribution in [2.75, 3.05) is 29.7 Å². The van der Waals surface area contributed by atoms with Gasteiger partial charge in [0.2, 0.25) is 17.8 Å². The summed E-state index contributed by atoms with van der Waals surface area (Å²) in [6.07, 6.45) is 0. The van der Waals surface area contributed by atoms with Gasteiger partial charge in [0.15, 0.2) is 0 Å². The number of hydrogen-bond acceptors (Lipinski definition) is 7. The lowest BCUT2D eigenvalue weighted by Crippen LogP contribution is -2.18. The first-order valence-corrected chi connectivity index (χ1v) is 6.31. The van der Waals surface area contributed by atoms with Crippen molar-refractivity contribution in [2.24, 2.45) is 5.84 Å². The highest BCUT2D eigenvalue weighted by atomic mass is 35.5. The molecule has 2 rings (SSSR count). The van der Waals surface area contributed by atoms with Gasteiger partial charge in [0, 0.05) is 14.1 Å². The van der Waals surface area contributed by atoms with Gasteiger partial charge in [-0.1, -0.05) is 23.7 Å². The Morgan fingerprint density at radius 1 is 1.15 bits per heavy atom. The van der Waals surface area contributed by atoms with Gasteiger partial charge in [-0.15, -0.1) is 0 Å². The highest BCUT2D eigenvalue weighted by Gasteiger charge is 2.10. The van der Waals surface area contributed by atoms with E-state index in [9.17, 15) is 0 Å². The van der Waals surface area contributed by atoms with Gasteiger partial charge < -0.3 is 10.2 Å². The molecule has 0 saturated carbocycles. The summed E-state index contributed by atoms with van der Waals surface area (Å²) in [6.45, 7) is 1.95. The van der Waals surface area contributed by atoms with Gasteiger partial charge in [-0.25, -0.2) is 5.84 Å². The molecule has 0 saturated heterocycles. The Kier molecular flexibility index (Phi) is 4.21. The second kappa shape index (κ2) is 5.89. The summed E-state index contributed by atoms with van der Waals surface area (Å²) in [5.74, 6) is 6.49. The van der Waals surface area contributed by atoms with Gasteiger partial charge >= 0.3 is 0 Å². The third-order valence-electron chi connectivity index (χ3n) is 2.61. The number of rotatable bonds is 4. The van der Waals surface area contributed by atoms with Crippen LogP contribution in [-0.2, 0) is 0 Å². The molecule has 0 bridgehead atoms. The van der Waals surface area contributed by atoms with Crippen LogP contribution in [0.2, 0.25) is 5.02 Å². The van der Waals surface area contributed by atoms with Crippen LogP contribution in [0.5, 0.6) is 0 Å². The second-order valence-corrected chi connectivity index (χ2v) is 4.79. The van der Waals surface area contributed by atoms with E-state index in [0.29, 0.717) is 16.9 Å². The predicted molar refractivity (Wildman–Crippen MR) is 81.4 cm³/mol. The average molecular weight is 294 g/mol. The van der Waals surface area contributed by atoms with Gasteiger partial charge in [-0.3, -0.25) is 5.43 Å². The lowest BCUT2D eigenvalue weighted by Gasteiger charge is -2.14. The molecule has 4 N–H and O–H groups in total. The largest absolute Gasteiger partial charge is 0.347 e. The minimum atomic E-state index is 0.274. The summed E-state index contributed by atoms with van der Waals surface area (Å²) in [6, 6.07) is 5.63. The minimum Gasteiger partial charge on any atom is -0.347 e. The molecule has 0 aliphatic heterocycles. The first-order valence-electron chi connectivity index (χ1n) is 5.93. The Morgan fingerprint density at radius 3 is 2.45 bits per heavy atom. The Morgan fingerprint density at radius 2 is 1.85 bits per heavy atom. The number of nitrogens with one attached hydrogen (secondary N) is 2. The van der Waals surface area contributed by atoms with Gasteiger partial charge in [0.1, 0.15) is 0 Å². The molecule has 8 heteroatoms. The van der Waals surface area contributed by atoms with Crippen LogP contribution in [0, 0.1) is 6.92 Å². The lowest BCUT2D eigenvalue weighted by molar-refractivity contribution is 0.957. The molecule has 7 nitrogen and oxygen atoms in total. The smallest absolute Gasteiger partial charge is 0.243 e. The van der Waals surface area contributed by atoms with Crippen LogP contribution in [0.4, 0.5) is 23.5 Å². The highest BCUT2D eigenvalue weighted by Crippen LogP contribution is 2.28. The van der Waals surface area contributed by atoms with Gasteiger partial charge in [-0.2, -0.15) is 15.0 Å². The SMILES string of the molecule is Cc1cccc(Cl)c1Nc1nc(NN)nc(N(C)C)n1. The van der Waals surface area contributed by atoms with Crippen molar-refractivity contribution in [2.45, 2.75) is 6.92 Å². The van der Waals surface area contributed by atoms with Crippen molar-refractivity contribution in [3.8, 4) is 0 Å². The van der Waals surface area contributed by atoms with Crippen LogP contribution >= 0.6 is 11.6 Å². The van der Waals surface area contributed by atoms with Gasteiger partial charge in [0.25, 0.3) is 0 Å². The molecule has 0 radical (unpaired) electrons. The number of benzene rings is 1. The van der Waals surface area contributed by atoms with E-state index in [1.54, 1.807) is 11.0 Å². The van der Waals surface area contributed by atoms with Crippen LogP contribution in [0.25, 0.3) is 0 Å². The summed E-state index contributed by atoms with van der Waals surface area (Å²) in [5.41, 5.74) is 4.17. The van der Waals surface area contributed by atoms with Crippen LogP contribution in [0.3, 0.4) is 0 Å². The van der Waals surface area contributed by atoms with Crippen molar-refractivity contribution < 1.29 is 0 Å². The first-order chi connectivity index (χ1) is 9.51. The zero-order chi connectivity index (χ0) is 14.7. The first kappa shape index (κ1) is 14.3. The number of hydrazine groups is 1. The normalized spacial score (nSPS) is 10.2. The van der Waals surface area contributed by atoms with Crippen molar-refractivity contribution >= 4 is 35.1 Å². The van der Waals surface area contributed by atoms with Gasteiger partial charge in [0.05, 0.1) is 10.7 Å². The van der Waals surface area contributed by atoms with Crippen molar-refractivity contribution in [3.05, 3.63) is 28.8 Å². The Hall–Kier alpha value is -2.12. The molecule has 0 amide bonds. The standard InChI is InChI=1S/C12H16ClN7/c1-7-5-4-6-8(13)9(7)15-10-16-11(19-14)18-12(17-10)20(2)3/h4-6H,14H2,1-3H3,(H2,15,16,17,18,19). The van der Waals surface area contributed by atoms with Crippen molar-refractivity contribution in [1.29, 1.82) is 0 Å². The van der Waals surface area contributed by atoms with E-state index < -0.39 is 0 Å². The topological polar surface area (TPSA) is 92.0 Å². The molecular formula is C12H16ClN7. The molecule has 0 unspecified atom stereocenters. The Bertz CT molecular complexity index is 594. The molecule has 0 aliphatic rings. The van der Waals surface area contributed by atoms with E-state index in [-0.39, 0.29) is 5.95 Å². The fourth-order valence-corrected chi connectivity index (χ4v) is 1.86. The quantitative estimate of drug-likeness (QED) is 0.586. The number of nitrogen functional groups attached to an aromatic ring is 1. The summed E-state index contributed by atoms with van der Waals surface area (Å²) in [7, 11) is 3.67. The van der Waals surface area contributed by atoms with Crippen molar-refractivity contribution in [1.82, 2.24) is 15.0 Å². The molecule has 20 heavy (non-hydrogen) atoms. The maximum absolute atomic E-state index is 6.17. The summed E-state index contributed by atoms with van der Waals surface area (Å²) < 4.78 is 0. The maximum Gasteiger partial charge on any atom is 0.243 e. The molecule has 0 aliphatic carbocycles. The third-order valence-corrected chi connectivity index (χ3v) is 2.93. The highest BCUT2D eigenvalue weighted by molar-refractivity contribution is 6.33. The number of hydrogen-bond donors (Lipinski definition) is 3. The molecule has 106 valence electrons. The molecule has 1 aromatic heterocycles. The fourth-order valence-electron chi connectivity index (χ4n) is 1.59. The lowest BCUT2D eigenvalue weighted by atomic mass is 10.2. The summed E-state index contributed by atoms with van der Waals surface area (Å²) in [5, 5.41) is 3.69. The van der Waals surface area contributed by atoms with E-state index >= 15 is 0 Å². The van der Waals surface area contributed by atoms with E-state index in [0.717, 1.165) is 11.3 Å². The van der Waals surface area contributed by atoms with Crippen LogP contribution < -0.4 is 21.5 Å². The summed E-state index contributed by atoms with van der Waals surface area (Å²) in [4.78, 5) is 14.3. The Labute approximate surface area is 122 Å². The predicted octanol–water partition coefficient (Wildman–Crippen LogP) is 1.93. The molecule has 0 spiro atoms. The monoisotopic (exact) mass is 293 g/mol. The molecule has 0 fully saturated rings.